The molecule has 3 heteroatoms. The maximum absolute atomic E-state index is 9.13. The highest BCUT2D eigenvalue weighted by atomic mass is 15.0. The van der Waals surface area contributed by atoms with Gasteiger partial charge in [0.1, 0.15) is 11.8 Å². The second kappa shape index (κ2) is 7.93. The van der Waals surface area contributed by atoms with E-state index in [9.17, 15) is 0 Å². The van der Waals surface area contributed by atoms with Gasteiger partial charge in [0.05, 0.1) is 11.0 Å². The topological polar surface area (TPSA) is 41.6 Å². The van der Waals surface area contributed by atoms with Crippen molar-refractivity contribution in [1.82, 2.24) is 9.55 Å². The minimum atomic E-state index is 0.311. The second-order valence-electron chi connectivity index (χ2n) is 8.37. The molecule has 3 nitrogen and oxygen atoms in total. The third kappa shape index (κ3) is 3.33. The molecule has 2 aromatic heterocycles. The highest BCUT2D eigenvalue weighted by Gasteiger charge is 2.17. The fourth-order valence-electron chi connectivity index (χ4n) is 4.84. The molecule has 2 heterocycles. The quantitative estimate of drug-likeness (QED) is 0.305. The summed E-state index contributed by atoms with van der Waals surface area (Å²) in [7, 11) is 0. The summed E-state index contributed by atoms with van der Waals surface area (Å²) in [5.74, 6) is 0.311. The van der Waals surface area contributed by atoms with E-state index in [-0.39, 0.29) is 0 Å². The number of fused-ring (bicyclic) bond motifs is 3. The van der Waals surface area contributed by atoms with Crippen molar-refractivity contribution in [3.05, 3.63) is 121 Å². The molecule has 0 fully saturated rings. The molecule has 1 aliphatic rings. The van der Waals surface area contributed by atoms with Gasteiger partial charge < -0.3 is 4.57 Å². The van der Waals surface area contributed by atoms with Crippen molar-refractivity contribution in [3.63, 3.8) is 0 Å². The molecular weight excluding hydrogens is 402 g/mol. The Hall–Kier alpha value is -4.42. The van der Waals surface area contributed by atoms with Crippen molar-refractivity contribution in [1.29, 1.82) is 5.26 Å². The highest BCUT2D eigenvalue weighted by Crippen LogP contribution is 2.36. The molecule has 0 saturated heterocycles. The van der Waals surface area contributed by atoms with Crippen LogP contribution in [0.4, 0.5) is 0 Å². The van der Waals surface area contributed by atoms with Gasteiger partial charge in [-0.3, -0.25) is 0 Å². The summed E-state index contributed by atoms with van der Waals surface area (Å²) in [6.07, 6.45) is 9.57. The van der Waals surface area contributed by atoms with Crippen LogP contribution in [0, 0.1) is 11.3 Å². The van der Waals surface area contributed by atoms with E-state index in [2.05, 4.69) is 107 Å². The number of para-hydroxylation sites is 2. The van der Waals surface area contributed by atoms with Gasteiger partial charge in [-0.25, -0.2) is 4.98 Å². The Morgan fingerprint density at radius 2 is 1.52 bits per heavy atom. The summed E-state index contributed by atoms with van der Waals surface area (Å²) in [6.45, 7) is 0. The molecule has 33 heavy (non-hydrogen) atoms. The number of hydrogen-bond acceptors (Lipinski definition) is 2. The molecule has 5 aromatic rings. The number of allylic oxidation sites excluding steroid dienone is 4. The minimum absolute atomic E-state index is 0.311. The zero-order valence-electron chi connectivity index (χ0n) is 18.0. The van der Waals surface area contributed by atoms with Crippen molar-refractivity contribution < 1.29 is 0 Å². The Balaban J connectivity index is 1.39. The van der Waals surface area contributed by atoms with E-state index >= 15 is 0 Å². The molecule has 1 atom stereocenters. The minimum Gasteiger partial charge on any atom is -0.310 e. The predicted octanol–water partition coefficient (Wildman–Crippen LogP) is 7.31. The Labute approximate surface area is 192 Å². The number of aromatic nitrogens is 2. The van der Waals surface area contributed by atoms with Crippen LogP contribution in [0.15, 0.2) is 109 Å². The smallest absolute Gasteiger partial charge is 0.141 e. The number of nitrogens with zero attached hydrogens (tertiary/aromatic N) is 3. The van der Waals surface area contributed by atoms with Gasteiger partial charge in [0, 0.05) is 28.6 Å². The lowest BCUT2D eigenvalue weighted by Crippen LogP contribution is -2.03. The van der Waals surface area contributed by atoms with E-state index in [1.54, 1.807) is 6.20 Å². The monoisotopic (exact) mass is 423 g/mol. The van der Waals surface area contributed by atoms with Crippen LogP contribution in [-0.4, -0.2) is 9.55 Å². The molecule has 0 saturated carbocycles. The van der Waals surface area contributed by atoms with E-state index in [1.807, 2.05) is 12.1 Å². The van der Waals surface area contributed by atoms with Gasteiger partial charge in [0.15, 0.2) is 0 Å². The zero-order chi connectivity index (χ0) is 22.2. The maximum Gasteiger partial charge on any atom is 0.141 e. The molecule has 0 spiro atoms. The van der Waals surface area contributed by atoms with Crippen molar-refractivity contribution in [2.45, 2.75) is 12.3 Å². The third-order valence-corrected chi connectivity index (χ3v) is 6.44. The lowest BCUT2D eigenvalue weighted by Gasteiger charge is -2.19. The largest absolute Gasteiger partial charge is 0.310 e. The van der Waals surface area contributed by atoms with Crippen LogP contribution in [0.2, 0.25) is 0 Å². The van der Waals surface area contributed by atoms with Crippen molar-refractivity contribution >= 4 is 27.5 Å². The first-order valence-corrected chi connectivity index (χ1v) is 11.2. The lowest BCUT2D eigenvalue weighted by atomic mass is 9.90. The summed E-state index contributed by atoms with van der Waals surface area (Å²) < 4.78 is 2.38. The number of rotatable bonds is 3. The summed E-state index contributed by atoms with van der Waals surface area (Å²) in [5, 5.41) is 11.7. The standard InChI is InChI=1S/C30H21N3/c31-20-25-18-24(16-17-32-25)22-14-12-21(13-15-22)23-6-5-7-26(19-23)33-29-10-3-1-8-27(29)28-9-2-4-11-30(28)33/h1-5,7-19,23H,6H2. The number of pyridine rings is 1. The molecule has 3 aromatic carbocycles. The summed E-state index contributed by atoms with van der Waals surface area (Å²) >= 11 is 0. The Morgan fingerprint density at radius 1 is 0.818 bits per heavy atom. The fourth-order valence-corrected chi connectivity index (χ4v) is 4.84. The summed E-state index contributed by atoms with van der Waals surface area (Å²) in [4.78, 5) is 4.07. The van der Waals surface area contributed by atoms with E-state index in [0.29, 0.717) is 11.6 Å². The number of nitriles is 1. The van der Waals surface area contributed by atoms with E-state index in [0.717, 1.165) is 17.5 Å². The third-order valence-electron chi connectivity index (χ3n) is 6.44. The SMILES string of the molecule is N#Cc1cc(-c2ccc(C3C=C(n4c5ccccc5c5ccccc54)C=CC3)cc2)ccn1. The van der Waals surface area contributed by atoms with Gasteiger partial charge in [-0.2, -0.15) is 5.26 Å². The molecule has 156 valence electrons. The van der Waals surface area contributed by atoms with Crippen molar-refractivity contribution in [3.8, 4) is 17.2 Å². The fraction of sp³-hybridized carbons (Fsp3) is 0.0667. The van der Waals surface area contributed by atoms with Gasteiger partial charge in [-0.05, 0) is 53.5 Å². The van der Waals surface area contributed by atoms with Crippen molar-refractivity contribution in [2.75, 3.05) is 0 Å². The first-order valence-electron chi connectivity index (χ1n) is 11.2. The first kappa shape index (κ1) is 19.3. The van der Waals surface area contributed by atoms with Gasteiger partial charge in [0.2, 0.25) is 0 Å². The van der Waals surface area contributed by atoms with E-state index in [4.69, 9.17) is 5.26 Å². The van der Waals surface area contributed by atoms with Crippen LogP contribution >= 0.6 is 0 Å². The highest BCUT2D eigenvalue weighted by molar-refractivity contribution is 6.10. The summed E-state index contributed by atoms with van der Waals surface area (Å²) in [5.41, 5.74) is 7.51. The molecule has 0 radical (unpaired) electrons. The molecular formula is C30H21N3. The number of hydrogen-bond donors (Lipinski definition) is 0. The molecule has 0 N–H and O–H groups in total. The van der Waals surface area contributed by atoms with E-state index < -0.39 is 0 Å². The predicted molar refractivity (Wildman–Crippen MR) is 135 cm³/mol. The Kier molecular flexibility index (Phi) is 4.63. The Bertz CT molecular complexity index is 1540. The number of benzene rings is 3. The first-order chi connectivity index (χ1) is 16.3. The van der Waals surface area contributed by atoms with E-state index in [1.165, 1.54) is 33.1 Å². The summed E-state index contributed by atoms with van der Waals surface area (Å²) in [6, 6.07) is 31.8. The maximum atomic E-state index is 9.13. The Morgan fingerprint density at radius 3 is 2.21 bits per heavy atom. The van der Waals surface area contributed by atoms with Crippen LogP contribution in [-0.2, 0) is 0 Å². The van der Waals surface area contributed by atoms with Crippen LogP contribution in [0.1, 0.15) is 23.6 Å². The molecule has 0 aliphatic heterocycles. The second-order valence-corrected chi connectivity index (χ2v) is 8.37. The molecule has 1 aliphatic carbocycles. The van der Waals surface area contributed by atoms with Crippen LogP contribution in [0.3, 0.4) is 0 Å². The van der Waals surface area contributed by atoms with Gasteiger partial charge in [-0.15, -0.1) is 0 Å². The average molecular weight is 424 g/mol. The van der Waals surface area contributed by atoms with Crippen LogP contribution in [0.5, 0.6) is 0 Å². The van der Waals surface area contributed by atoms with Gasteiger partial charge in [0.25, 0.3) is 0 Å². The average Bonchev–Trinajstić information content (AvgIpc) is 3.23. The van der Waals surface area contributed by atoms with Gasteiger partial charge in [-0.1, -0.05) is 72.8 Å². The molecule has 1 unspecified atom stereocenters. The lowest BCUT2D eigenvalue weighted by molar-refractivity contribution is 0.849. The zero-order valence-corrected chi connectivity index (χ0v) is 18.0. The molecule has 0 amide bonds. The van der Waals surface area contributed by atoms with Gasteiger partial charge >= 0.3 is 0 Å². The van der Waals surface area contributed by atoms with Crippen LogP contribution in [0.25, 0.3) is 38.6 Å². The van der Waals surface area contributed by atoms with Crippen molar-refractivity contribution in [2.24, 2.45) is 0 Å². The normalized spacial score (nSPS) is 15.5. The molecule has 6 rings (SSSR count). The van der Waals surface area contributed by atoms with Crippen LogP contribution < -0.4 is 0 Å². The molecule has 0 bridgehead atoms.